The van der Waals surface area contributed by atoms with Gasteiger partial charge in [0.25, 0.3) is 0 Å². The van der Waals surface area contributed by atoms with E-state index < -0.39 is 0 Å². The molecule has 0 atom stereocenters. The first kappa shape index (κ1) is 17.2. The number of hydrogen-bond donors (Lipinski definition) is 0. The summed E-state index contributed by atoms with van der Waals surface area (Å²) < 4.78 is 9.64. The molecule has 0 aliphatic rings. The summed E-state index contributed by atoms with van der Waals surface area (Å²) in [7, 11) is 0. The number of fused-ring (bicyclic) bond motifs is 9. The summed E-state index contributed by atoms with van der Waals surface area (Å²) in [6, 6.07) is 24.2. The Kier molecular flexibility index (Phi) is 3.51. The van der Waals surface area contributed by atoms with Crippen molar-refractivity contribution in [2.24, 2.45) is 0 Å². The third-order valence-electron chi connectivity index (χ3n) is 6.14. The Morgan fingerprint density at radius 1 is 0.467 bits per heavy atom. The van der Waals surface area contributed by atoms with Gasteiger partial charge in [0.2, 0.25) is 0 Å². The fourth-order valence-electron chi connectivity index (χ4n) is 4.67. The van der Waals surface area contributed by atoms with E-state index in [-0.39, 0.29) is 40.9 Å². The molecule has 4 heteroatoms. The number of hydrogen-bond acceptors (Lipinski definition) is 2. The SMILES string of the molecule is c1cc2cc3cc4[te]c5c6cc7cc8sccc8cc7cc6[te]c5c4cc3cc2s1. The number of thiophene rings is 2. The van der Waals surface area contributed by atoms with Crippen LogP contribution >= 0.6 is 22.7 Å². The molecule has 8 rings (SSSR count). The van der Waals surface area contributed by atoms with Gasteiger partial charge >= 0.3 is 201 Å². The van der Waals surface area contributed by atoms with Crippen molar-refractivity contribution in [3.8, 4) is 0 Å². The van der Waals surface area contributed by atoms with Gasteiger partial charge in [-0.15, -0.1) is 0 Å². The van der Waals surface area contributed by atoms with Crippen LogP contribution in [0.15, 0.2) is 71.4 Å². The van der Waals surface area contributed by atoms with Crippen molar-refractivity contribution in [3.63, 3.8) is 0 Å². The topological polar surface area (TPSA) is 0 Å². The van der Waals surface area contributed by atoms with E-state index in [1.54, 1.807) is 24.4 Å². The standard InChI is InChI=1S/C26H12S2Te2/c1-3-27-21-9-17-7-19-23(11-15(17)5-13(1)21)29-26-20-8-18-10-22-14(2-4-28-22)6-16(18)12-24(20)30-25(19)26/h1-12H. The Morgan fingerprint density at radius 3 is 1.43 bits per heavy atom. The second kappa shape index (κ2) is 6.11. The zero-order valence-corrected chi connectivity index (χ0v) is 21.9. The van der Waals surface area contributed by atoms with Crippen LogP contribution in [-0.2, 0) is 0 Å². The van der Waals surface area contributed by atoms with Crippen LogP contribution in [0.1, 0.15) is 0 Å². The Bertz CT molecular complexity index is 1820. The van der Waals surface area contributed by atoms with Crippen molar-refractivity contribution in [2.45, 2.75) is 0 Å². The van der Waals surface area contributed by atoms with E-state index in [0.29, 0.717) is 0 Å². The van der Waals surface area contributed by atoms with E-state index in [9.17, 15) is 0 Å². The first-order chi connectivity index (χ1) is 14.8. The molecular weight excluding hydrogens is 632 g/mol. The first-order valence-electron chi connectivity index (χ1n) is 9.81. The predicted molar refractivity (Wildman–Crippen MR) is 139 cm³/mol. The summed E-state index contributed by atoms with van der Waals surface area (Å²) in [6.07, 6.45) is 0. The van der Waals surface area contributed by atoms with Gasteiger partial charge in [-0.3, -0.25) is 0 Å². The fourth-order valence-corrected chi connectivity index (χ4v) is 15.8. The molecule has 0 aliphatic carbocycles. The average molecular weight is 644 g/mol. The predicted octanol–water partition coefficient (Wildman–Crippen LogP) is 8.00. The summed E-state index contributed by atoms with van der Waals surface area (Å²) in [6.45, 7) is 0. The van der Waals surface area contributed by atoms with Crippen LogP contribution in [0.25, 0.3) is 66.1 Å². The average Bonchev–Trinajstić information content (AvgIpc) is 3.51. The molecule has 0 spiro atoms. The van der Waals surface area contributed by atoms with Crippen LogP contribution in [0.4, 0.5) is 0 Å². The van der Waals surface area contributed by atoms with Gasteiger partial charge in [0.15, 0.2) is 0 Å². The van der Waals surface area contributed by atoms with Gasteiger partial charge in [0.05, 0.1) is 0 Å². The first-order valence-corrected chi connectivity index (χ1v) is 16.2. The third kappa shape index (κ3) is 2.33. The minimum atomic E-state index is -0.298. The second-order valence-electron chi connectivity index (χ2n) is 7.87. The molecule has 0 amide bonds. The van der Waals surface area contributed by atoms with Crippen LogP contribution in [0, 0.1) is 0 Å². The normalized spacial score (nSPS) is 12.7. The molecule has 0 radical (unpaired) electrons. The van der Waals surface area contributed by atoms with Crippen molar-refractivity contribution in [2.75, 3.05) is 0 Å². The Hall–Kier alpha value is -1.36. The number of rotatable bonds is 0. The van der Waals surface area contributed by atoms with Gasteiger partial charge in [-0.05, 0) is 0 Å². The molecule has 0 saturated heterocycles. The van der Waals surface area contributed by atoms with E-state index >= 15 is 0 Å². The minimum absolute atomic E-state index is 0.298. The molecule has 0 bridgehead atoms. The van der Waals surface area contributed by atoms with Crippen molar-refractivity contribution < 1.29 is 0 Å². The second-order valence-corrected chi connectivity index (χ2v) is 15.8. The molecule has 4 aromatic heterocycles. The number of benzene rings is 4. The van der Waals surface area contributed by atoms with Crippen LogP contribution < -0.4 is 0 Å². The van der Waals surface area contributed by atoms with Gasteiger partial charge < -0.3 is 0 Å². The molecule has 4 heterocycles. The molecule has 8 aromatic rings. The van der Waals surface area contributed by atoms with E-state index in [1.807, 2.05) is 22.7 Å². The van der Waals surface area contributed by atoms with E-state index in [4.69, 9.17) is 0 Å². The van der Waals surface area contributed by atoms with Gasteiger partial charge in [0.1, 0.15) is 0 Å². The van der Waals surface area contributed by atoms with Crippen molar-refractivity contribution in [3.05, 3.63) is 71.4 Å². The molecule has 0 unspecified atom stereocenters. The summed E-state index contributed by atoms with van der Waals surface area (Å²) in [4.78, 5) is 0. The van der Waals surface area contributed by atoms with Crippen molar-refractivity contribution >= 4 is 130 Å². The van der Waals surface area contributed by atoms with Crippen LogP contribution in [0.3, 0.4) is 0 Å². The molecule has 0 fully saturated rings. The van der Waals surface area contributed by atoms with Crippen LogP contribution in [0.5, 0.6) is 0 Å². The summed E-state index contributed by atoms with van der Waals surface area (Å²) in [5.74, 6) is 0. The van der Waals surface area contributed by atoms with E-state index in [2.05, 4.69) is 71.4 Å². The summed E-state index contributed by atoms with van der Waals surface area (Å²) in [5, 5.41) is 16.1. The van der Waals surface area contributed by atoms with Crippen LogP contribution in [0.2, 0.25) is 0 Å². The summed E-state index contributed by atoms with van der Waals surface area (Å²) in [5.41, 5.74) is 0. The molecule has 0 nitrogen and oxygen atoms in total. The zero-order chi connectivity index (χ0) is 19.4. The van der Waals surface area contributed by atoms with E-state index in [0.717, 1.165) is 0 Å². The van der Waals surface area contributed by atoms with Gasteiger partial charge in [-0.25, -0.2) is 0 Å². The maximum atomic E-state index is 2.52. The zero-order valence-electron chi connectivity index (χ0n) is 15.6. The Balaban J connectivity index is 1.49. The molecule has 0 aliphatic heterocycles. The Labute approximate surface area is 199 Å². The monoisotopic (exact) mass is 648 g/mol. The van der Waals surface area contributed by atoms with Gasteiger partial charge in [-0.1, -0.05) is 0 Å². The summed E-state index contributed by atoms with van der Waals surface area (Å²) >= 11 is 3.11. The van der Waals surface area contributed by atoms with Crippen molar-refractivity contribution in [1.29, 1.82) is 0 Å². The molecule has 4 aromatic carbocycles. The van der Waals surface area contributed by atoms with Gasteiger partial charge in [-0.2, -0.15) is 0 Å². The molecule has 0 saturated carbocycles. The van der Waals surface area contributed by atoms with Gasteiger partial charge in [0, 0.05) is 0 Å². The van der Waals surface area contributed by atoms with Crippen LogP contribution in [-0.4, -0.2) is 40.9 Å². The van der Waals surface area contributed by atoms with E-state index in [1.165, 1.54) is 41.7 Å². The molecule has 30 heavy (non-hydrogen) atoms. The molecular formula is C26H12S2Te2. The van der Waals surface area contributed by atoms with Crippen molar-refractivity contribution in [1.82, 2.24) is 0 Å². The molecule has 0 N–H and O–H groups in total. The molecule has 140 valence electrons. The quantitative estimate of drug-likeness (QED) is 0.147. The Morgan fingerprint density at radius 2 is 0.933 bits per heavy atom. The fraction of sp³-hybridized carbons (Fsp3) is 0. The third-order valence-corrected chi connectivity index (χ3v) is 15.9. The maximum absolute atomic E-state index is 2.52.